The first-order valence-electron chi connectivity index (χ1n) is 7.89. The number of benzene rings is 2. The zero-order chi connectivity index (χ0) is 19.0. The van der Waals surface area contributed by atoms with E-state index in [9.17, 15) is 18.3 Å². The summed E-state index contributed by atoms with van der Waals surface area (Å²) in [5, 5.41) is 12.9. The van der Waals surface area contributed by atoms with Gasteiger partial charge in [-0.25, -0.2) is 15.0 Å². The molecule has 7 nitrogen and oxygen atoms in total. The minimum absolute atomic E-state index is 0.0729. The second-order valence-electron chi connectivity index (χ2n) is 5.70. The standard InChI is InChI=1S/C17H13F3N6O/c18-17(19,20)11-7-3-1-5-9(11)13-21-12-8-4-2-6-10(12)14(22-13)23-15-24-16(27)26-25-15/h1-8,16,26-27H,(H2,21,22,23,24,25). The molecule has 0 radical (unpaired) electrons. The monoisotopic (exact) mass is 374 g/mol. The van der Waals surface area contributed by atoms with Gasteiger partial charge in [-0.2, -0.15) is 18.6 Å². The predicted octanol–water partition coefficient (Wildman–Crippen LogP) is 2.47. The molecule has 0 aliphatic carbocycles. The molecule has 10 heteroatoms. The van der Waals surface area contributed by atoms with Crippen LogP contribution in [0.3, 0.4) is 0 Å². The highest BCUT2D eigenvalue weighted by Gasteiger charge is 2.34. The summed E-state index contributed by atoms with van der Waals surface area (Å²) in [5.41, 5.74) is 4.59. The fourth-order valence-corrected chi connectivity index (χ4v) is 2.71. The van der Waals surface area contributed by atoms with Gasteiger partial charge in [0.05, 0.1) is 11.1 Å². The number of nitrogens with zero attached hydrogens (tertiary/aromatic N) is 3. The van der Waals surface area contributed by atoms with Gasteiger partial charge in [-0.1, -0.05) is 30.3 Å². The number of guanidine groups is 1. The van der Waals surface area contributed by atoms with Crippen LogP contribution < -0.4 is 16.2 Å². The van der Waals surface area contributed by atoms with Crippen molar-refractivity contribution >= 4 is 22.7 Å². The molecule has 27 heavy (non-hydrogen) atoms. The molecule has 0 bridgehead atoms. The average molecular weight is 374 g/mol. The summed E-state index contributed by atoms with van der Waals surface area (Å²) >= 11 is 0. The van der Waals surface area contributed by atoms with Gasteiger partial charge in [-0.3, -0.25) is 5.43 Å². The lowest BCUT2D eigenvalue weighted by atomic mass is 10.1. The summed E-state index contributed by atoms with van der Waals surface area (Å²) in [6, 6.07) is 12.0. The average Bonchev–Trinajstić information content (AvgIpc) is 3.06. The van der Waals surface area contributed by atoms with E-state index in [1.807, 2.05) is 0 Å². The van der Waals surface area contributed by atoms with Gasteiger partial charge in [-0.05, 0) is 18.2 Å². The normalized spacial score (nSPS) is 16.9. The van der Waals surface area contributed by atoms with Crippen molar-refractivity contribution in [1.29, 1.82) is 0 Å². The molecule has 4 rings (SSSR count). The van der Waals surface area contributed by atoms with Gasteiger partial charge < -0.3 is 10.4 Å². The first-order chi connectivity index (χ1) is 12.9. The first-order valence-corrected chi connectivity index (χ1v) is 7.89. The molecular weight excluding hydrogens is 361 g/mol. The zero-order valence-electron chi connectivity index (χ0n) is 13.6. The summed E-state index contributed by atoms with van der Waals surface area (Å²) in [5.74, 6) is 0.368. The fraction of sp³-hybridized carbons (Fsp3) is 0.118. The van der Waals surface area contributed by atoms with E-state index in [2.05, 4.69) is 31.1 Å². The van der Waals surface area contributed by atoms with Crippen LogP contribution in [0.25, 0.3) is 22.3 Å². The lowest BCUT2D eigenvalue weighted by Gasteiger charge is -2.14. The van der Waals surface area contributed by atoms with Crippen LogP contribution in [0.4, 0.5) is 19.0 Å². The van der Waals surface area contributed by atoms with Gasteiger partial charge >= 0.3 is 6.18 Å². The Balaban J connectivity index is 1.87. The fourth-order valence-electron chi connectivity index (χ4n) is 2.71. The van der Waals surface area contributed by atoms with E-state index in [1.165, 1.54) is 18.2 Å². The van der Waals surface area contributed by atoms with Crippen molar-refractivity contribution in [2.24, 2.45) is 4.99 Å². The Morgan fingerprint density at radius 2 is 1.74 bits per heavy atom. The van der Waals surface area contributed by atoms with Crippen LogP contribution in [-0.4, -0.2) is 27.4 Å². The maximum absolute atomic E-state index is 13.4. The molecule has 138 valence electrons. The highest BCUT2D eigenvalue weighted by molar-refractivity contribution is 6.01. The molecule has 4 N–H and O–H groups in total. The van der Waals surface area contributed by atoms with Crippen LogP contribution in [0.1, 0.15) is 5.56 Å². The number of hydrazine groups is 1. The summed E-state index contributed by atoms with van der Waals surface area (Å²) < 4.78 is 40.1. The molecule has 2 heterocycles. The van der Waals surface area contributed by atoms with E-state index in [0.717, 1.165) is 6.07 Å². The summed E-state index contributed by atoms with van der Waals surface area (Å²) in [6.07, 6.45) is -5.67. The van der Waals surface area contributed by atoms with Crippen molar-refractivity contribution in [2.45, 2.75) is 12.5 Å². The van der Waals surface area contributed by atoms with Crippen LogP contribution in [0.5, 0.6) is 0 Å². The number of halogens is 3. The molecule has 0 amide bonds. The van der Waals surface area contributed by atoms with Gasteiger partial charge in [0.1, 0.15) is 5.82 Å². The lowest BCUT2D eigenvalue weighted by molar-refractivity contribution is -0.137. The summed E-state index contributed by atoms with van der Waals surface area (Å²) in [6.45, 7) is 0. The Morgan fingerprint density at radius 3 is 2.48 bits per heavy atom. The Bertz CT molecular complexity index is 1040. The van der Waals surface area contributed by atoms with E-state index in [1.54, 1.807) is 24.3 Å². The van der Waals surface area contributed by atoms with E-state index in [4.69, 9.17) is 0 Å². The Kier molecular flexibility index (Phi) is 4.13. The minimum Gasteiger partial charge on any atom is -0.358 e. The van der Waals surface area contributed by atoms with Gasteiger partial charge in [0, 0.05) is 10.9 Å². The van der Waals surface area contributed by atoms with Crippen molar-refractivity contribution in [3.05, 3.63) is 54.1 Å². The van der Waals surface area contributed by atoms with E-state index < -0.39 is 18.1 Å². The van der Waals surface area contributed by atoms with Crippen molar-refractivity contribution in [3.63, 3.8) is 0 Å². The van der Waals surface area contributed by atoms with E-state index in [-0.39, 0.29) is 23.2 Å². The number of alkyl halides is 3. The predicted molar refractivity (Wildman–Crippen MR) is 93.3 cm³/mol. The number of aliphatic hydroxyl groups is 1. The van der Waals surface area contributed by atoms with Crippen molar-refractivity contribution in [2.75, 3.05) is 5.32 Å². The molecule has 0 fully saturated rings. The summed E-state index contributed by atoms with van der Waals surface area (Å²) in [4.78, 5) is 12.4. The molecule has 3 aromatic rings. The van der Waals surface area contributed by atoms with Gasteiger partial charge in [0.25, 0.3) is 0 Å². The molecule has 1 unspecified atom stereocenters. The molecule has 1 aromatic heterocycles. The number of rotatable bonds is 2. The Morgan fingerprint density at radius 1 is 1.00 bits per heavy atom. The number of para-hydroxylation sites is 1. The SMILES string of the molecule is OC1N=C(Nc2nc(-c3ccccc3C(F)(F)F)nc3ccccc23)NN1. The maximum Gasteiger partial charge on any atom is 0.417 e. The van der Waals surface area contributed by atoms with Crippen LogP contribution in [0.2, 0.25) is 0 Å². The van der Waals surface area contributed by atoms with Gasteiger partial charge in [0.15, 0.2) is 5.82 Å². The Labute approximate surface area is 151 Å². The third-order valence-electron chi connectivity index (χ3n) is 3.88. The van der Waals surface area contributed by atoms with Crippen molar-refractivity contribution in [3.8, 4) is 11.4 Å². The number of anilines is 1. The van der Waals surface area contributed by atoms with Crippen LogP contribution in [0.15, 0.2) is 53.5 Å². The Hall–Kier alpha value is -3.24. The topological polar surface area (TPSA) is 94.5 Å². The van der Waals surface area contributed by atoms with Gasteiger partial charge in [0.2, 0.25) is 12.3 Å². The lowest BCUT2D eigenvalue weighted by Crippen LogP contribution is -2.37. The van der Waals surface area contributed by atoms with E-state index in [0.29, 0.717) is 10.9 Å². The second-order valence-corrected chi connectivity index (χ2v) is 5.70. The number of nitrogens with one attached hydrogen (secondary N) is 3. The van der Waals surface area contributed by atoms with Gasteiger partial charge in [-0.15, -0.1) is 0 Å². The van der Waals surface area contributed by atoms with Crippen molar-refractivity contribution in [1.82, 2.24) is 20.8 Å². The molecule has 1 aliphatic rings. The zero-order valence-corrected chi connectivity index (χ0v) is 13.6. The number of hydrogen-bond donors (Lipinski definition) is 4. The summed E-state index contributed by atoms with van der Waals surface area (Å²) in [7, 11) is 0. The number of hydrogen-bond acceptors (Lipinski definition) is 7. The van der Waals surface area contributed by atoms with E-state index >= 15 is 0 Å². The number of aliphatic hydroxyl groups excluding tert-OH is 1. The highest BCUT2D eigenvalue weighted by atomic mass is 19.4. The molecular formula is C17H13F3N6O. The third kappa shape index (κ3) is 3.39. The van der Waals surface area contributed by atoms with Crippen LogP contribution >= 0.6 is 0 Å². The second kappa shape index (κ2) is 6.49. The maximum atomic E-state index is 13.4. The quantitative estimate of drug-likeness (QED) is 0.551. The molecule has 1 aliphatic heterocycles. The highest BCUT2D eigenvalue weighted by Crippen LogP contribution is 2.36. The molecule has 2 aromatic carbocycles. The first kappa shape index (κ1) is 17.2. The van der Waals surface area contributed by atoms with Crippen LogP contribution in [0, 0.1) is 0 Å². The van der Waals surface area contributed by atoms with Crippen molar-refractivity contribution < 1.29 is 18.3 Å². The molecule has 1 atom stereocenters. The largest absolute Gasteiger partial charge is 0.417 e. The third-order valence-corrected chi connectivity index (χ3v) is 3.88. The number of aromatic nitrogens is 2. The smallest absolute Gasteiger partial charge is 0.358 e. The number of aliphatic imine (C=N–C) groups is 1. The molecule has 0 saturated heterocycles. The number of fused-ring (bicyclic) bond motifs is 1. The molecule has 0 saturated carbocycles. The minimum atomic E-state index is -4.54. The van der Waals surface area contributed by atoms with Crippen LogP contribution in [-0.2, 0) is 6.18 Å². The molecule has 0 spiro atoms.